The summed E-state index contributed by atoms with van der Waals surface area (Å²) < 4.78 is 5.64. The van der Waals surface area contributed by atoms with E-state index in [2.05, 4.69) is 15.6 Å². The van der Waals surface area contributed by atoms with E-state index in [4.69, 9.17) is 4.74 Å². The Morgan fingerprint density at radius 2 is 1.86 bits per heavy atom. The SMILES string of the molecule is COC1(C(=O)N2CCC(C(=O)Nc3ccc(C)cn3)CC2)CCNCC1.Cl.Cl. The average Bonchev–Trinajstić information content (AvgIpc) is 2.69. The summed E-state index contributed by atoms with van der Waals surface area (Å²) in [5, 5.41) is 6.15. The van der Waals surface area contributed by atoms with E-state index in [9.17, 15) is 9.59 Å². The van der Waals surface area contributed by atoms with Crippen LogP contribution in [0.3, 0.4) is 0 Å². The minimum atomic E-state index is -0.702. The number of nitrogens with zero attached hydrogens (tertiary/aromatic N) is 2. The van der Waals surface area contributed by atoms with Crippen LogP contribution in [0.25, 0.3) is 0 Å². The first-order valence-electron chi connectivity index (χ1n) is 9.33. The summed E-state index contributed by atoms with van der Waals surface area (Å²) >= 11 is 0. The molecular weight excluding hydrogens is 403 g/mol. The molecule has 28 heavy (non-hydrogen) atoms. The van der Waals surface area contributed by atoms with Crippen LogP contribution in [-0.2, 0) is 14.3 Å². The van der Waals surface area contributed by atoms with E-state index in [0.717, 1.165) is 18.7 Å². The van der Waals surface area contributed by atoms with Crippen molar-refractivity contribution in [3.8, 4) is 0 Å². The molecule has 9 heteroatoms. The van der Waals surface area contributed by atoms with Gasteiger partial charge in [-0.3, -0.25) is 9.59 Å². The van der Waals surface area contributed by atoms with E-state index >= 15 is 0 Å². The smallest absolute Gasteiger partial charge is 0.254 e. The van der Waals surface area contributed by atoms with Gasteiger partial charge in [0.2, 0.25) is 5.91 Å². The van der Waals surface area contributed by atoms with Crippen molar-refractivity contribution >= 4 is 42.4 Å². The molecule has 2 aliphatic rings. The molecule has 1 aromatic rings. The number of nitrogens with one attached hydrogen (secondary N) is 2. The fraction of sp³-hybridized carbons (Fsp3) is 0.632. The van der Waals surface area contributed by atoms with Gasteiger partial charge in [-0.1, -0.05) is 6.07 Å². The average molecular weight is 433 g/mol. The molecule has 0 atom stereocenters. The van der Waals surface area contributed by atoms with E-state index < -0.39 is 5.60 Å². The van der Waals surface area contributed by atoms with Gasteiger partial charge in [0.25, 0.3) is 5.91 Å². The minimum Gasteiger partial charge on any atom is -0.368 e. The molecule has 3 rings (SSSR count). The molecule has 7 nitrogen and oxygen atoms in total. The molecular formula is C19H30Cl2N4O3. The predicted octanol–water partition coefficient (Wildman–Crippen LogP) is 2.18. The molecule has 0 unspecified atom stereocenters. The van der Waals surface area contributed by atoms with Gasteiger partial charge in [-0.2, -0.15) is 0 Å². The van der Waals surface area contributed by atoms with E-state index in [1.165, 1.54) is 0 Å². The number of methoxy groups -OCH3 is 1. The van der Waals surface area contributed by atoms with Crippen LogP contribution in [0.15, 0.2) is 18.3 Å². The van der Waals surface area contributed by atoms with Gasteiger partial charge in [0.15, 0.2) is 0 Å². The van der Waals surface area contributed by atoms with Crippen molar-refractivity contribution in [2.75, 3.05) is 38.6 Å². The zero-order chi connectivity index (χ0) is 18.6. The lowest BCUT2D eigenvalue weighted by atomic mass is 9.88. The second kappa shape index (κ2) is 11.0. The van der Waals surface area contributed by atoms with Crippen molar-refractivity contribution in [1.29, 1.82) is 0 Å². The molecule has 0 aromatic carbocycles. The lowest BCUT2D eigenvalue weighted by Gasteiger charge is -2.41. The maximum Gasteiger partial charge on any atom is 0.254 e. The predicted molar refractivity (Wildman–Crippen MR) is 113 cm³/mol. The van der Waals surface area contributed by atoms with Crippen molar-refractivity contribution in [2.24, 2.45) is 5.92 Å². The van der Waals surface area contributed by atoms with Gasteiger partial charge in [-0.15, -0.1) is 24.8 Å². The molecule has 2 N–H and O–H groups in total. The highest BCUT2D eigenvalue weighted by molar-refractivity contribution is 5.92. The lowest BCUT2D eigenvalue weighted by molar-refractivity contribution is -0.160. The summed E-state index contributed by atoms with van der Waals surface area (Å²) in [4.78, 5) is 31.5. The Balaban J connectivity index is 0.00000196. The monoisotopic (exact) mass is 432 g/mol. The third-order valence-electron chi connectivity index (χ3n) is 5.51. The second-order valence-corrected chi connectivity index (χ2v) is 7.22. The summed E-state index contributed by atoms with van der Waals surface area (Å²) in [5.41, 5.74) is 0.353. The van der Waals surface area contributed by atoms with Gasteiger partial charge in [-0.25, -0.2) is 4.98 Å². The quantitative estimate of drug-likeness (QED) is 0.761. The van der Waals surface area contributed by atoms with Gasteiger partial charge >= 0.3 is 0 Å². The standard InChI is InChI=1S/C19H28N4O3.2ClH/c1-14-3-4-16(21-13-14)22-17(24)15-5-11-23(12-6-15)18(25)19(26-2)7-9-20-10-8-19;;/h3-4,13,15,20H,5-12H2,1-2H3,(H,21,22,24);2*1H. The van der Waals surface area contributed by atoms with Crippen LogP contribution in [0.5, 0.6) is 0 Å². The summed E-state index contributed by atoms with van der Waals surface area (Å²) in [5.74, 6) is 0.540. The number of halogens is 2. The number of pyridine rings is 1. The molecule has 2 saturated heterocycles. The number of hydrogen-bond acceptors (Lipinski definition) is 5. The molecule has 0 spiro atoms. The van der Waals surface area contributed by atoms with Crippen LogP contribution < -0.4 is 10.6 Å². The Kier molecular flexibility index (Phi) is 9.63. The molecule has 0 bridgehead atoms. The number of rotatable bonds is 4. The number of ether oxygens (including phenoxy) is 1. The van der Waals surface area contributed by atoms with Crippen LogP contribution in [0.4, 0.5) is 5.82 Å². The van der Waals surface area contributed by atoms with Crippen LogP contribution in [0.1, 0.15) is 31.2 Å². The number of aromatic nitrogens is 1. The number of amides is 2. The number of hydrogen-bond donors (Lipinski definition) is 2. The first-order valence-corrected chi connectivity index (χ1v) is 9.33. The van der Waals surface area contributed by atoms with Crippen molar-refractivity contribution in [2.45, 2.75) is 38.2 Å². The summed E-state index contributed by atoms with van der Waals surface area (Å²) in [6, 6.07) is 3.73. The van der Waals surface area contributed by atoms with Crippen molar-refractivity contribution < 1.29 is 14.3 Å². The first-order chi connectivity index (χ1) is 12.5. The van der Waals surface area contributed by atoms with Crippen LogP contribution in [0.2, 0.25) is 0 Å². The van der Waals surface area contributed by atoms with E-state index in [1.807, 2.05) is 24.0 Å². The Bertz CT molecular complexity index is 643. The number of carbonyl (C=O) groups excluding carboxylic acids is 2. The maximum atomic E-state index is 13.0. The molecule has 2 aliphatic heterocycles. The van der Waals surface area contributed by atoms with E-state index in [1.54, 1.807) is 13.3 Å². The third kappa shape index (κ3) is 5.56. The summed E-state index contributed by atoms with van der Waals surface area (Å²) in [7, 11) is 1.62. The number of anilines is 1. The van der Waals surface area contributed by atoms with Gasteiger partial charge in [0.1, 0.15) is 11.4 Å². The second-order valence-electron chi connectivity index (χ2n) is 7.22. The van der Waals surface area contributed by atoms with Crippen LogP contribution >= 0.6 is 24.8 Å². The number of likely N-dealkylation sites (tertiary alicyclic amines) is 1. The Labute approximate surface area is 178 Å². The zero-order valence-corrected chi connectivity index (χ0v) is 18.0. The molecule has 3 heterocycles. The lowest BCUT2D eigenvalue weighted by Crippen LogP contribution is -2.57. The molecule has 158 valence electrons. The Morgan fingerprint density at radius 3 is 2.39 bits per heavy atom. The topological polar surface area (TPSA) is 83.6 Å². The van der Waals surface area contributed by atoms with Crippen LogP contribution in [0, 0.1) is 12.8 Å². The van der Waals surface area contributed by atoms with Gasteiger partial charge < -0.3 is 20.3 Å². The Morgan fingerprint density at radius 1 is 1.21 bits per heavy atom. The largest absolute Gasteiger partial charge is 0.368 e. The van der Waals surface area contributed by atoms with E-state index in [-0.39, 0.29) is 42.5 Å². The molecule has 2 fully saturated rings. The number of carbonyl (C=O) groups is 2. The highest BCUT2D eigenvalue weighted by Gasteiger charge is 2.43. The molecule has 2 amide bonds. The highest BCUT2D eigenvalue weighted by Crippen LogP contribution is 2.28. The van der Waals surface area contributed by atoms with Gasteiger partial charge in [0.05, 0.1) is 0 Å². The third-order valence-corrected chi connectivity index (χ3v) is 5.51. The normalized spacial score (nSPS) is 19.1. The molecule has 0 radical (unpaired) electrons. The fourth-order valence-electron chi connectivity index (χ4n) is 3.74. The number of aryl methyl sites for hydroxylation is 1. The molecule has 0 aliphatic carbocycles. The fourth-order valence-corrected chi connectivity index (χ4v) is 3.74. The summed E-state index contributed by atoms with van der Waals surface area (Å²) in [6.07, 6.45) is 4.47. The van der Waals surface area contributed by atoms with Gasteiger partial charge in [-0.05, 0) is 57.3 Å². The minimum absolute atomic E-state index is 0. The summed E-state index contributed by atoms with van der Waals surface area (Å²) in [6.45, 7) is 4.73. The van der Waals surface area contributed by atoms with Crippen molar-refractivity contribution in [3.63, 3.8) is 0 Å². The van der Waals surface area contributed by atoms with Crippen LogP contribution in [-0.4, -0.2) is 60.6 Å². The molecule has 1 aromatic heterocycles. The van der Waals surface area contributed by atoms with Crippen molar-refractivity contribution in [3.05, 3.63) is 23.9 Å². The zero-order valence-electron chi connectivity index (χ0n) is 16.4. The first kappa shape index (κ1) is 24.6. The number of piperidine rings is 2. The van der Waals surface area contributed by atoms with Crippen molar-refractivity contribution in [1.82, 2.24) is 15.2 Å². The van der Waals surface area contributed by atoms with Gasteiger partial charge in [0, 0.05) is 32.3 Å². The molecule has 0 saturated carbocycles. The van der Waals surface area contributed by atoms with E-state index in [0.29, 0.717) is 44.6 Å². The Hall–Kier alpha value is -1.41. The highest BCUT2D eigenvalue weighted by atomic mass is 35.5. The maximum absolute atomic E-state index is 13.0.